The smallest absolute Gasteiger partial charge is 0.0462 e. The molecule has 14 heavy (non-hydrogen) atoms. The van der Waals surface area contributed by atoms with Crippen molar-refractivity contribution >= 4 is 0 Å². The Morgan fingerprint density at radius 2 is 2.29 bits per heavy atom. The fraction of sp³-hybridized carbons (Fsp3) is 0.500. The number of fused-ring (bicyclic) bond motifs is 1. The Bertz CT molecular complexity index is 298. The van der Waals surface area contributed by atoms with Crippen molar-refractivity contribution in [2.24, 2.45) is 0 Å². The molecule has 1 atom stereocenters. The molecule has 1 unspecified atom stereocenters. The van der Waals surface area contributed by atoms with Gasteiger partial charge in [0.15, 0.2) is 0 Å². The van der Waals surface area contributed by atoms with Crippen molar-refractivity contribution in [1.82, 2.24) is 5.32 Å². The summed E-state index contributed by atoms with van der Waals surface area (Å²) in [6, 6.07) is 9.21. The van der Waals surface area contributed by atoms with Crippen molar-refractivity contribution in [2.45, 2.75) is 25.4 Å². The van der Waals surface area contributed by atoms with Gasteiger partial charge in [0.25, 0.3) is 0 Å². The van der Waals surface area contributed by atoms with E-state index in [0.29, 0.717) is 6.04 Å². The van der Waals surface area contributed by atoms with Crippen LogP contribution in [0, 0.1) is 0 Å². The Morgan fingerprint density at radius 3 is 3.14 bits per heavy atom. The van der Waals surface area contributed by atoms with Crippen LogP contribution < -0.4 is 5.32 Å². The molecule has 0 spiro atoms. The predicted molar refractivity (Wildman–Crippen MR) is 57.1 cm³/mol. The normalized spacial score (nSPS) is 19.6. The van der Waals surface area contributed by atoms with Crippen molar-refractivity contribution in [3.63, 3.8) is 0 Å². The van der Waals surface area contributed by atoms with E-state index < -0.39 is 0 Å². The van der Waals surface area contributed by atoms with E-state index >= 15 is 0 Å². The van der Waals surface area contributed by atoms with E-state index in [0.717, 1.165) is 19.6 Å². The average Bonchev–Trinajstić information content (AvgIpc) is 2.63. The highest BCUT2D eigenvalue weighted by Crippen LogP contribution is 2.27. The van der Waals surface area contributed by atoms with Crippen LogP contribution in [0.15, 0.2) is 24.3 Å². The maximum Gasteiger partial charge on any atom is 0.0462 e. The van der Waals surface area contributed by atoms with Gasteiger partial charge in [0.2, 0.25) is 0 Å². The van der Waals surface area contributed by atoms with E-state index in [-0.39, 0.29) is 0 Å². The molecule has 1 aromatic carbocycles. The van der Waals surface area contributed by atoms with Crippen molar-refractivity contribution in [2.75, 3.05) is 13.7 Å². The average molecular weight is 191 g/mol. The van der Waals surface area contributed by atoms with Crippen LogP contribution in [0.3, 0.4) is 0 Å². The van der Waals surface area contributed by atoms with Crippen LogP contribution in [-0.4, -0.2) is 13.7 Å². The van der Waals surface area contributed by atoms with Crippen LogP contribution in [0.5, 0.6) is 0 Å². The lowest BCUT2D eigenvalue weighted by atomic mass is 10.0. The fourth-order valence-electron chi connectivity index (χ4n) is 2.07. The maximum absolute atomic E-state index is 5.06. The zero-order valence-corrected chi connectivity index (χ0v) is 8.62. The van der Waals surface area contributed by atoms with Crippen LogP contribution in [0.4, 0.5) is 0 Å². The van der Waals surface area contributed by atoms with Crippen LogP contribution in [0.2, 0.25) is 0 Å². The number of methoxy groups -OCH3 is 1. The molecule has 1 aliphatic heterocycles. The molecule has 0 saturated heterocycles. The van der Waals surface area contributed by atoms with E-state index in [4.69, 9.17) is 4.74 Å². The second kappa shape index (κ2) is 4.58. The first-order valence-electron chi connectivity index (χ1n) is 5.22. The second-order valence-electron chi connectivity index (χ2n) is 3.77. The first-order chi connectivity index (χ1) is 6.92. The van der Waals surface area contributed by atoms with E-state index in [2.05, 4.69) is 29.6 Å². The first kappa shape index (κ1) is 9.69. The van der Waals surface area contributed by atoms with Crippen molar-refractivity contribution in [1.29, 1.82) is 0 Å². The molecule has 1 heterocycles. The number of benzene rings is 1. The van der Waals surface area contributed by atoms with E-state index in [9.17, 15) is 0 Å². The van der Waals surface area contributed by atoms with Gasteiger partial charge in [0, 0.05) is 26.3 Å². The summed E-state index contributed by atoms with van der Waals surface area (Å²) in [5, 5.41) is 3.53. The molecule has 76 valence electrons. The number of rotatable bonds is 4. The van der Waals surface area contributed by atoms with Crippen LogP contribution in [-0.2, 0) is 11.3 Å². The third-order valence-electron chi connectivity index (χ3n) is 2.81. The Kier molecular flexibility index (Phi) is 3.17. The summed E-state index contributed by atoms with van der Waals surface area (Å²) in [7, 11) is 1.76. The fourth-order valence-corrected chi connectivity index (χ4v) is 2.07. The molecular weight excluding hydrogens is 174 g/mol. The summed E-state index contributed by atoms with van der Waals surface area (Å²) < 4.78 is 5.06. The number of nitrogens with one attached hydrogen (secondary N) is 1. The topological polar surface area (TPSA) is 21.3 Å². The summed E-state index contributed by atoms with van der Waals surface area (Å²) >= 11 is 0. The van der Waals surface area contributed by atoms with Crippen LogP contribution in [0.1, 0.15) is 30.0 Å². The summed E-state index contributed by atoms with van der Waals surface area (Å²) in [6.07, 6.45) is 2.30. The van der Waals surface area contributed by atoms with Crippen LogP contribution in [0.25, 0.3) is 0 Å². The van der Waals surface area contributed by atoms with E-state index in [1.54, 1.807) is 7.11 Å². The molecule has 2 nitrogen and oxygen atoms in total. The summed E-state index contributed by atoms with van der Waals surface area (Å²) in [5.41, 5.74) is 2.93. The van der Waals surface area contributed by atoms with Crippen molar-refractivity contribution < 1.29 is 4.74 Å². The van der Waals surface area contributed by atoms with Gasteiger partial charge in [-0.3, -0.25) is 0 Å². The molecule has 0 saturated carbocycles. The molecular formula is C12H17NO. The van der Waals surface area contributed by atoms with Gasteiger partial charge in [-0.2, -0.15) is 0 Å². The monoisotopic (exact) mass is 191 g/mol. The lowest BCUT2D eigenvalue weighted by Gasteiger charge is -2.11. The molecule has 0 fully saturated rings. The summed E-state index contributed by atoms with van der Waals surface area (Å²) in [4.78, 5) is 0. The van der Waals surface area contributed by atoms with Gasteiger partial charge in [0.1, 0.15) is 0 Å². The largest absolute Gasteiger partial charge is 0.385 e. The molecule has 0 bridgehead atoms. The SMILES string of the molecule is COCCCC1NCc2ccccc21. The summed E-state index contributed by atoms with van der Waals surface area (Å²) in [6.45, 7) is 1.88. The highest BCUT2D eigenvalue weighted by Gasteiger charge is 2.19. The third-order valence-corrected chi connectivity index (χ3v) is 2.81. The molecule has 1 aromatic rings. The quantitative estimate of drug-likeness (QED) is 0.737. The van der Waals surface area contributed by atoms with Crippen molar-refractivity contribution in [3.05, 3.63) is 35.4 Å². The van der Waals surface area contributed by atoms with E-state index in [1.165, 1.54) is 17.5 Å². The van der Waals surface area contributed by atoms with Gasteiger partial charge < -0.3 is 10.1 Å². The predicted octanol–water partition coefficient (Wildman–Crippen LogP) is 2.26. The molecule has 0 aromatic heterocycles. The Morgan fingerprint density at radius 1 is 1.43 bits per heavy atom. The molecule has 0 radical (unpaired) electrons. The lowest BCUT2D eigenvalue weighted by molar-refractivity contribution is 0.189. The first-order valence-corrected chi connectivity index (χ1v) is 5.22. The minimum Gasteiger partial charge on any atom is -0.385 e. The zero-order valence-electron chi connectivity index (χ0n) is 8.62. The van der Waals surface area contributed by atoms with Crippen molar-refractivity contribution in [3.8, 4) is 0 Å². The third kappa shape index (κ3) is 1.97. The Labute approximate surface area is 85.3 Å². The highest BCUT2D eigenvalue weighted by atomic mass is 16.5. The molecule has 1 N–H and O–H groups in total. The highest BCUT2D eigenvalue weighted by molar-refractivity contribution is 5.33. The molecule has 1 aliphatic rings. The van der Waals surface area contributed by atoms with Crippen LogP contribution >= 0.6 is 0 Å². The number of hydrogen-bond acceptors (Lipinski definition) is 2. The molecule has 2 rings (SSSR count). The molecule has 0 aliphatic carbocycles. The number of hydrogen-bond donors (Lipinski definition) is 1. The minimum atomic E-state index is 0.543. The minimum absolute atomic E-state index is 0.543. The summed E-state index contributed by atoms with van der Waals surface area (Å²) in [5.74, 6) is 0. The molecule has 2 heteroatoms. The van der Waals surface area contributed by atoms with Gasteiger partial charge in [-0.15, -0.1) is 0 Å². The Balaban J connectivity index is 1.96. The Hall–Kier alpha value is -0.860. The maximum atomic E-state index is 5.06. The molecule has 0 amide bonds. The second-order valence-corrected chi connectivity index (χ2v) is 3.77. The van der Waals surface area contributed by atoms with Gasteiger partial charge in [-0.25, -0.2) is 0 Å². The van der Waals surface area contributed by atoms with Gasteiger partial charge in [-0.05, 0) is 24.0 Å². The van der Waals surface area contributed by atoms with E-state index in [1.807, 2.05) is 0 Å². The number of ether oxygens (including phenoxy) is 1. The van der Waals surface area contributed by atoms with Gasteiger partial charge in [-0.1, -0.05) is 24.3 Å². The van der Waals surface area contributed by atoms with Gasteiger partial charge in [0.05, 0.1) is 0 Å². The van der Waals surface area contributed by atoms with Gasteiger partial charge >= 0.3 is 0 Å². The lowest BCUT2D eigenvalue weighted by Crippen LogP contribution is -2.12. The zero-order chi connectivity index (χ0) is 9.80. The standard InChI is InChI=1S/C12H17NO/c1-14-8-4-7-12-11-6-3-2-5-10(11)9-13-12/h2-3,5-6,12-13H,4,7-9H2,1H3.